The monoisotopic (exact) mass is 250 g/mol. The Morgan fingerprint density at radius 2 is 1.61 bits per heavy atom. The van der Waals surface area contributed by atoms with E-state index >= 15 is 0 Å². The summed E-state index contributed by atoms with van der Waals surface area (Å²) in [5, 5.41) is 0. The van der Waals surface area contributed by atoms with Crippen molar-refractivity contribution >= 4 is 5.91 Å². The molecule has 3 nitrogen and oxygen atoms in total. The minimum absolute atomic E-state index is 0.0313. The minimum Gasteiger partial charge on any atom is -0.368 e. The highest BCUT2D eigenvalue weighted by molar-refractivity contribution is 5.85. The van der Waals surface area contributed by atoms with E-state index in [0.29, 0.717) is 0 Å². The van der Waals surface area contributed by atoms with Crippen LogP contribution in [0.25, 0.3) is 0 Å². The van der Waals surface area contributed by atoms with Gasteiger partial charge in [0, 0.05) is 0 Å². The van der Waals surface area contributed by atoms with Gasteiger partial charge in [-0.05, 0) is 68.1 Å². The van der Waals surface area contributed by atoms with E-state index in [1.165, 1.54) is 19.3 Å². The molecule has 0 aromatic carbocycles. The second-order valence-corrected chi connectivity index (χ2v) is 7.28. The lowest BCUT2D eigenvalue weighted by molar-refractivity contribution is -0.143. The van der Waals surface area contributed by atoms with Crippen LogP contribution < -0.4 is 11.5 Å². The molecule has 4 aliphatic carbocycles. The lowest BCUT2D eigenvalue weighted by Gasteiger charge is -2.62. The van der Waals surface area contributed by atoms with Crippen molar-refractivity contribution in [1.82, 2.24) is 0 Å². The molecule has 0 aromatic rings. The van der Waals surface area contributed by atoms with Crippen molar-refractivity contribution in [3.05, 3.63) is 0 Å². The van der Waals surface area contributed by atoms with Crippen molar-refractivity contribution in [2.45, 2.75) is 63.8 Å². The van der Waals surface area contributed by atoms with E-state index in [0.717, 1.165) is 49.9 Å². The second kappa shape index (κ2) is 3.96. The molecule has 18 heavy (non-hydrogen) atoms. The first-order chi connectivity index (χ1) is 8.49. The normalized spacial score (nSPS) is 44.9. The van der Waals surface area contributed by atoms with Gasteiger partial charge < -0.3 is 11.5 Å². The van der Waals surface area contributed by atoms with Gasteiger partial charge in [0.15, 0.2) is 0 Å². The van der Waals surface area contributed by atoms with E-state index in [1.807, 2.05) is 0 Å². The molecule has 3 heteroatoms. The fraction of sp³-hybridized carbons (Fsp3) is 0.933. The predicted octanol–water partition coefficient (Wildman–Crippen LogP) is 2.19. The van der Waals surface area contributed by atoms with E-state index in [1.54, 1.807) is 0 Å². The molecule has 1 amide bonds. The molecule has 102 valence electrons. The molecule has 0 radical (unpaired) electrons. The Kier molecular flexibility index (Phi) is 2.74. The highest BCUT2D eigenvalue weighted by Crippen LogP contribution is 2.63. The van der Waals surface area contributed by atoms with E-state index < -0.39 is 5.54 Å². The van der Waals surface area contributed by atoms with Crippen molar-refractivity contribution in [2.75, 3.05) is 0 Å². The van der Waals surface area contributed by atoms with Gasteiger partial charge in [-0.2, -0.15) is 0 Å². The van der Waals surface area contributed by atoms with Crippen molar-refractivity contribution < 1.29 is 4.79 Å². The van der Waals surface area contributed by atoms with Gasteiger partial charge >= 0.3 is 0 Å². The molecule has 4 bridgehead atoms. The lowest BCUT2D eigenvalue weighted by Crippen LogP contribution is -2.68. The van der Waals surface area contributed by atoms with Crippen LogP contribution in [0.5, 0.6) is 0 Å². The van der Waals surface area contributed by atoms with Crippen molar-refractivity contribution in [1.29, 1.82) is 0 Å². The maximum absolute atomic E-state index is 12.0. The van der Waals surface area contributed by atoms with Gasteiger partial charge in [-0.1, -0.05) is 13.3 Å². The zero-order chi connectivity index (χ0) is 13.0. The van der Waals surface area contributed by atoms with Gasteiger partial charge in [-0.3, -0.25) is 4.79 Å². The molecule has 4 saturated carbocycles. The standard InChI is InChI=1S/C15H26N2O/c1-2-3-15(17,13(16)18)14-7-10-4-11(8-14)6-12(5-10)9-14/h10-12H,2-9,17H2,1H3,(H2,16,18). The first-order valence-corrected chi connectivity index (χ1v) is 7.58. The SMILES string of the molecule is CCCC(N)(C(N)=O)C12CC3CC(CC(C3)C1)C2. The summed E-state index contributed by atoms with van der Waals surface area (Å²) >= 11 is 0. The molecular formula is C15H26N2O. The number of amides is 1. The second-order valence-electron chi connectivity index (χ2n) is 7.28. The number of primary amides is 1. The number of nitrogens with two attached hydrogens (primary N) is 2. The fourth-order valence-corrected chi connectivity index (χ4v) is 5.70. The van der Waals surface area contributed by atoms with Crippen LogP contribution in [-0.2, 0) is 4.79 Å². The Morgan fingerprint density at radius 3 is 1.94 bits per heavy atom. The number of carbonyl (C=O) groups excluding carboxylic acids is 1. The van der Waals surface area contributed by atoms with E-state index in [4.69, 9.17) is 11.5 Å². The van der Waals surface area contributed by atoms with Crippen molar-refractivity contribution in [3.63, 3.8) is 0 Å². The molecule has 1 unspecified atom stereocenters. The third-order valence-electron chi connectivity index (χ3n) is 6.07. The van der Waals surface area contributed by atoms with Crippen LogP contribution in [0, 0.1) is 23.2 Å². The van der Waals surface area contributed by atoms with Crippen LogP contribution in [-0.4, -0.2) is 11.4 Å². The van der Waals surface area contributed by atoms with E-state index in [2.05, 4.69) is 6.92 Å². The Balaban J connectivity index is 1.96. The third kappa shape index (κ3) is 1.56. The van der Waals surface area contributed by atoms with Crippen molar-refractivity contribution in [3.8, 4) is 0 Å². The topological polar surface area (TPSA) is 69.1 Å². The van der Waals surface area contributed by atoms with Crippen LogP contribution in [0.15, 0.2) is 0 Å². The maximum atomic E-state index is 12.0. The Morgan fingerprint density at radius 1 is 1.17 bits per heavy atom. The van der Waals surface area contributed by atoms with Crippen LogP contribution in [0.4, 0.5) is 0 Å². The van der Waals surface area contributed by atoms with E-state index in [9.17, 15) is 4.79 Å². The first kappa shape index (κ1) is 12.5. The van der Waals surface area contributed by atoms with Gasteiger partial charge in [0.1, 0.15) is 5.54 Å². The predicted molar refractivity (Wildman–Crippen MR) is 71.6 cm³/mol. The summed E-state index contributed by atoms with van der Waals surface area (Å²) in [5.41, 5.74) is 11.6. The summed E-state index contributed by atoms with van der Waals surface area (Å²) in [5.74, 6) is 2.19. The Bertz CT molecular complexity index is 330. The number of carbonyl (C=O) groups is 1. The molecule has 4 N–H and O–H groups in total. The summed E-state index contributed by atoms with van der Waals surface area (Å²) in [4.78, 5) is 12.0. The summed E-state index contributed by atoms with van der Waals surface area (Å²) < 4.78 is 0. The molecule has 0 aliphatic heterocycles. The quantitative estimate of drug-likeness (QED) is 0.803. The molecule has 0 heterocycles. The van der Waals surface area contributed by atoms with Gasteiger partial charge in [0.05, 0.1) is 0 Å². The average Bonchev–Trinajstić information content (AvgIpc) is 2.26. The third-order valence-corrected chi connectivity index (χ3v) is 6.07. The van der Waals surface area contributed by atoms with Crippen LogP contribution in [0.3, 0.4) is 0 Å². The van der Waals surface area contributed by atoms with Gasteiger partial charge in [-0.15, -0.1) is 0 Å². The molecule has 0 spiro atoms. The minimum atomic E-state index is -0.752. The number of hydrogen-bond donors (Lipinski definition) is 2. The highest BCUT2D eigenvalue weighted by Gasteiger charge is 2.60. The molecule has 4 fully saturated rings. The number of hydrogen-bond acceptors (Lipinski definition) is 2. The smallest absolute Gasteiger partial charge is 0.238 e. The van der Waals surface area contributed by atoms with Crippen LogP contribution in [0.2, 0.25) is 0 Å². The molecule has 0 saturated heterocycles. The Labute approximate surface area is 110 Å². The summed E-state index contributed by atoms with van der Waals surface area (Å²) in [6.07, 6.45) is 9.28. The average molecular weight is 250 g/mol. The fourth-order valence-electron chi connectivity index (χ4n) is 5.70. The van der Waals surface area contributed by atoms with Gasteiger partial charge in [0.2, 0.25) is 5.91 Å². The summed E-state index contributed by atoms with van der Waals surface area (Å²) in [7, 11) is 0. The summed E-state index contributed by atoms with van der Waals surface area (Å²) in [6, 6.07) is 0. The Hall–Kier alpha value is -0.570. The highest BCUT2D eigenvalue weighted by atomic mass is 16.1. The molecular weight excluding hydrogens is 224 g/mol. The van der Waals surface area contributed by atoms with Gasteiger partial charge in [-0.25, -0.2) is 0 Å². The molecule has 4 aliphatic rings. The zero-order valence-electron chi connectivity index (χ0n) is 11.5. The maximum Gasteiger partial charge on any atom is 0.238 e. The first-order valence-electron chi connectivity index (χ1n) is 7.58. The number of rotatable bonds is 4. The van der Waals surface area contributed by atoms with E-state index in [-0.39, 0.29) is 11.3 Å². The zero-order valence-corrected chi connectivity index (χ0v) is 11.5. The van der Waals surface area contributed by atoms with Crippen LogP contribution in [0.1, 0.15) is 58.3 Å². The van der Waals surface area contributed by atoms with Crippen molar-refractivity contribution in [2.24, 2.45) is 34.6 Å². The molecule has 4 rings (SSSR count). The summed E-state index contributed by atoms with van der Waals surface area (Å²) in [6.45, 7) is 2.10. The lowest BCUT2D eigenvalue weighted by atomic mass is 9.44. The van der Waals surface area contributed by atoms with Crippen LogP contribution >= 0.6 is 0 Å². The molecule has 1 atom stereocenters. The molecule has 0 aromatic heterocycles. The largest absolute Gasteiger partial charge is 0.368 e. The van der Waals surface area contributed by atoms with Gasteiger partial charge in [0.25, 0.3) is 0 Å².